The van der Waals surface area contributed by atoms with Crippen LogP contribution in [0.2, 0.25) is 0 Å². The second-order valence-corrected chi connectivity index (χ2v) is 8.82. The van der Waals surface area contributed by atoms with Gasteiger partial charge in [-0.3, -0.25) is 4.79 Å². The Morgan fingerprint density at radius 1 is 1.25 bits per heavy atom. The summed E-state index contributed by atoms with van der Waals surface area (Å²) < 4.78 is 0. The van der Waals surface area contributed by atoms with E-state index in [0.717, 1.165) is 25.7 Å². The summed E-state index contributed by atoms with van der Waals surface area (Å²) in [6.45, 7) is 2.34. The molecule has 5 nitrogen and oxygen atoms in total. The first-order valence-electron chi connectivity index (χ1n) is 10.3. The van der Waals surface area contributed by atoms with Crippen LogP contribution in [0.5, 0.6) is 5.75 Å². The molecule has 3 fully saturated rings. The van der Waals surface area contributed by atoms with Crippen LogP contribution >= 0.6 is 0 Å². The van der Waals surface area contributed by atoms with E-state index in [1.165, 1.54) is 12.0 Å². The fourth-order valence-corrected chi connectivity index (χ4v) is 5.95. The van der Waals surface area contributed by atoms with E-state index in [2.05, 4.69) is 46.4 Å². The van der Waals surface area contributed by atoms with Crippen molar-refractivity contribution in [3.05, 3.63) is 59.9 Å². The molecule has 0 unspecified atom stereocenters. The Morgan fingerprint density at radius 3 is 2.86 bits per heavy atom. The normalized spacial score (nSPS) is 33.7. The smallest absolute Gasteiger partial charge is 0.276 e. The van der Waals surface area contributed by atoms with Crippen LogP contribution in [0.3, 0.4) is 0 Å². The number of hydrogen-bond donors (Lipinski definition) is 2. The maximum atomic E-state index is 13.7. The van der Waals surface area contributed by atoms with Crippen LogP contribution < -0.4 is 5.32 Å². The Kier molecular flexibility index (Phi) is 4.16. The molecule has 2 bridgehead atoms. The number of rotatable bonds is 3. The van der Waals surface area contributed by atoms with E-state index < -0.39 is 0 Å². The summed E-state index contributed by atoms with van der Waals surface area (Å²) in [7, 11) is 0. The van der Waals surface area contributed by atoms with Crippen LogP contribution in [-0.2, 0) is 6.42 Å². The molecule has 0 spiro atoms. The zero-order valence-electron chi connectivity index (χ0n) is 16.2. The Labute approximate surface area is 165 Å². The Bertz CT molecular complexity index is 886. The van der Waals surface area contributed by atoms with Crippen molar-refractivity contribution in [2.45, 2.75) is 63.2 Å². The molecule has 0 radical (unpaired) electrons. The van der Waals surface area contributed by atoms with Gasteiger partial charge in [-0.15, -0.1) is 0 Å². The van der Waals surface area contributed by atoms with E-state index in [1.54, 1.807) is 18.3 Å². The van der Waals surface area contributed by atoms with E-state index in [0.29, 0.717) is 6.04 Å². The number of carbonyl (C=O) groups excluding carboxylic acids is 1. The molecule has 3 heterocycles. The predicted molar refractivity (Wildman–Crippen MR) is 107 cm³/mol. The number of nitrogens with zero attached hydrogens (tertiary/aromatic N) is 2. The van der Waals surface area contributed by atoms with E-state index in [1.807, 2.05) is 6.07 Å². The van der Waals surface area contributed by atoms with Gasteiger partial charge in [0, 0.05) is 29.7 Å². The van der Waals surface area contributed by atoms with Gasteiger partial charge in [0.1, 0.15) is 5.75 Å². The number of hydrogen-bond acceptors (Lipinski definition) is 4. The van der Waals surface area contributed by atoms with Crippen molar-refractivity contribution < 1.29 is 9.90 Å². The van der Waals surface area contributed by atoms with E-state index in [9.17, 15) is 9.90 Å². The summed E-state index contributed by atoms with van der Waals surface area (Å²) >= 11 is 0. The van der Waals surface area contributed by atoms with Gasteiger partial charge in [-0.05, 0) is 49.8 Å². The molecule has 1 aromatic carbocycles. The molecular formula is C23H27N3O2. The molecule has 2 aromatic rings. The molecule has 5 rings (SSSR count). The van der Waals surface area contributed by atoms with Crippen molar-refractivity contribution in [1.29, 1.82) is 0 Å². The molecule has 1 aromatic heterocycles. The molecule has 2 N–H and O–H groups in total. The van der Waals surface area contributed by atoms with E-state index >= 15 is 0 Å². The molecule has 1 saturated carbocycles. The standard InChI is InChI=1S/C23H27N3O2/c1-23-14-16-17(13-15-7-3-2-4-8-15)26(20(23)11-5-10-19(23)25-16)22(28)21-18(27)9-6-12-24-21/h2-4,6-9,12,16-17,19-20,25,27H,5,10-11,13-14H2,1H3/t16-,17-,19-,20+,23-/m0/s1. The van der Waals surface area contributed by atoms with E-state index in [-0.39, 0.29) is 40.9 Å². The highest BCUT2D eigenvalue weighted by atomic mass is 16.3. The molecular weight excluding hydrogens is 350 g/mol. The van der Waals surface area contributed by atoms with Crippen LogP contribution in [0.25, 0.3) is 0 Å². The lowest BCUT2D eigenvalue weighted by atomic mass is 9.64. The van der Waals surface area contributed by atoms with Gasteiger partial charge in [0.2, 0.25) is 0 Å². The molecule has 28 heavy (non-hydrogen) atoms. The predicted octanol–water partition coefficient (Wildman–Crippen LogP) is 3.14. The third-order valence-electron chi connectivity index (χ3n) is 7.27. The summed E-state index contributed by atoms with van der Waals surface area (Å²) in [5.41, 5.74) is 1.51. The van der Waals surface area contributed by atoms with Crippen LogP contribution in [0, 0.1) is 5.41 Å². The maximum Gasteiger partial charge on any atom is 0.276 e. The van der Waals surface area contributed by atoms with Gasteiger partial charge in [-0.2, -0.15) is 0 Å². The summed E-state index contributed by atoms with van der Waals surface area (Å²) in [4.78, 5) is 20.0. The highest BCUT2D eigenvalue weighted by Crippen LogP contribution is 2.52. The number of nitrogens with one attached hydrogen (secondary N) is 1. The van der Waals surface area contributed by atoms with Gasteiger partial charge in [-0.1, -0.05) is 37.3 Å². The lowest BCUT2D eigenvalue weighted by molar-refractivity contribution is -0.0116. The monoisotopic (exact) mass is 377 g/mol. The van der Waals surface area contributed by atoms with Crippen LogP contribution in [0.4, 0.5) is 0 Å². The second-order valence-electron chi connectivity index (χ2n) is 8.82. The van der Waals surface area contributed by atoms with Crippen LogP contribution in [-0.4, -0.2) is 45.1 Å². The van der Waals surface area contributed by atoms with Gasteiger partial charge < -0.3 is 15.3 Å². The lowest BCUT2D eigenvalue weighted by Crippen LogP contribution is -2.62. The van der Waals surface area contributed by atoms with Gasteiger partial charge >= 0.3 is 0 Å². The fourth-order valence-electron chi connectivity index (χ4n) is 5.95. The lowest BCUT2D eigenvalue weighted by Gasteiger charge is -2.53. The first-order chi connectivity index (χ1) is 13.6. The van der Waals surface area contributed by atoms with Crippen LogP contribution in [0.1, 0.15) is 48.7 Å². The van der Waals surface area contributed by atoms with Crippen molar-refractivity contribution in [2.24, 2.45) is 5.41 Å². The maximum absolute atomic E-state index is 13.7. The number of piperidine rings is 1. The summed E-state index contributed by atoms with van der Waals surface area (Å²) in [6.07, 6.45) is 6.83. The van der Waals surface area contributed by atoms with E-state index in [4.69, 9.17) is 0 Å². The summed E-state index contributed by atoms with van der Waals surface area (Å²) in [5.74, 6) is -0.168. The largest absolute Gasteiger partial charge is 0.505 e. The van der Waals surface area contributed by atoms with Crippen molar-refractivity contribution >= 4 is 5.91 Å². The number of aromatic nitrogens is 1. The highest BCUT2D eigenvalue weighted by Gasteiger charge is 2.60. The number of carbonyl (C=O) groups is 1. The third-order valence-corrected chi connectivity index (χ3v) is 7.27. The Morgan fingerprint density at radius 2 is 2.07 bits per heavy atom. The number of likely N-dealkylation sites (tertiary alicyclic amines) is 1. The zero-order valence-corrected chi connectivity index (χ0v) is 16.2. The van der Waals surface area contributed by atoms with Crippen LogP contribution in [0.15, 0.2) is 48.7 Å². The van der Waals surface area contributed by atoms with Crippen molar-refractivity contribution in [2.75, 3.05) is 0 Å². The van der Waals surface area contributed by atoms with Crippen molar-refractivity contribution in [3.8, 4) is 5.75 Å². The first-order valence-corrected chi connectivity index (χ1v) is 10.3. The molecule has 1 aliphatic carbocycles. The average Bonchev–Trinajstić information content (AvgIpc) is 3.05. The summed E-state index contributed by atoms with van der Waals surface area (Å²) in [5, 5.41) is 14.2. The van der Waals surface area contributed by atoms with Gasteiger partial charge in [-0.25, -0.2) is 4.98 Å². The minimum absolute atomic E-state index is 0.0330. The first kappa shape index (κ1) is 17.7. The van der Waals surface area contributed by atoms with Crippen molar-refractivity contribution in [1.82, 2.24) is 15.2 Å². The SMILES string of the molecule is C[C@]12C[C@@H]3N[C@H]1CCC[C@H]2N(C(=O)c1ncccc1O)[C@H]3Cc1ccccc1. The Hall–Kier alpha value is -2.40. The number of pyridine rings is 1. The van der Waals surface area contributed by atoms with Gasteiger partial charge in [0.25, 0.3) is 5.91 Å². The number of amides is 1. The highest BCUT2D eigenvalue weighted by molar-refractivity contribution is 5.95. The molecule has 5 atom stereocenters. The quantitative estimate of drug-likeness (QED) is 0.862. The second kappa shape index (κ2) is 6.59. The zero-order chi connectivity index (χ0) is 19.3. The number of benzene rings is 1. The average molecular weight is 377 g/mol. The van der Waals surface area contributed by atoms with Crippen molar-refractivity contribution in [3.63, 3.8) is 0 Å². The number of aromatic hydroxyl groups is 1. The molecule has 3 aliphatic rings. The summed E-state index contributed by atoms with van der Waals surface area (Å²) in [6, 6.07) is 14.6. The minimum Gasteiger partial charge on any atom is -0.505 e. The number of fused-ring (bicyclic) bond motifs is 1. The fraction of sp³-hybridized carbons (Fsp3) is 0.478. The molecule has 2 aliphatic heterocycles. The minimum atomic E-state index is -0.135. The Balaban J connectivity index is 1.57. The van der Waals surface area contributed by atoms with Gasteiger partial charge in [0.15, 0.2) is 5.69 Å². The molecule has 5 heteroatoms. The third kappa shape index (κ3) is 2.64. The molecule has 1 amide bonds. The molecule has 146 valence electrons. The van der Waals surface area contributed by atoms with Gasteiger partial charge in [0.05, 0.1) is 6.04 Å². The topological polar surface area (TPSA) is 65.5 Å². The molecule has 2 saturated heterocycles.